The number of benzene rings is 2. The van der Waals surface area contributed by atoms with Crippen molar-refractivity contribution in [1.29, 1.82) is 0 Å². The SMILES string of the molecule is CCCCN(C)C(=O)c1ccc(C#CC#Cc2ccc(C(=O)N(C)CCCC)cc2)cc1. The van der Waals surface area contributed by atoms with E-state index >= 15 is 0 Å². The van der Waals surface area contributed by atoms with Crippen LogP contribution in [-0.4, -0.2) is 48.8 Å². The van der Waals surface area contributed by atoms with Crippen LogP contribution in [0.25, 0.3) is 0 Å². The summed E-state index contributed by atoms with van der Waals surface area (Å²) in [5.41, 5.74) is 2.94. The lowest BCUT2D eigenvalue weighted by Gasteiger charge is -2.16. The number of amides is 2. The lowest BCUT2D eigenvalue weighted by atomic mass is 10.1. The number of unbranched alkanes of at least 4 members (excludes halogenated alkanes) is 2. The van der Waals surface area contributed by atoms with Crippen LogP contribution >= 0.6 is 0 Å². The summed E-state index contributed by atoms with van der Waals surface area (Å²) in [5, 5.41) is 0. The molecule has 0 aromatic heterocycles. The highest BCUT2D eigenvalue weighted by Crippen LogP contribution is 2.08. The minimum absolute atomic E-state index is 0.0243. The molecule has 0 heterocycles. The highest BCUT2D eigenvalue weighted by molar-refractivity contribution is 5.94. The van der Waals surface area contributed by atoms with E-state index < -0.39 is 0 Å². The van der Waals surface area contributed by atoms with Crippen molar-refractivity contribution in [2.24, 2.45) is 0 Å². The quantitative estimate of drug-likeness (QED) is 0.565. The minimum Gasteiger partial charge on any atom is -0.342 e. The van der Waals surface area contributed by atoms with Gasteiger partial charge in [0.15, 0.2) is 0 Å². The summed E-state index contributed by atoms with van der Waals surface area (Å²) in [6.45, 7) is 5.74. The maximum Gasteiger partial charge on any atom is 0.253 e. The van der Waals surface area contributed by atoms with E-state index in [0.29, 0.717) is 11.1 Å². The lowest BCUT2D eigenvalue weighted by Crippen LogP contribution is -2.27. The molecule has 0 N–H and O–H groups in total. The molecule has 166 valence electrons. The highest BCUT2D eigenvalue weighted by atomic mass is 16.2. The van der Waals surface area contributed by atoms with Crippen molar-refractivity contribution >= 4 is 11.8 Å². The van der Waals surface area contributed by atoms with Crippen LogP contribution < -0.4 is 0 Å². The van der Waals surface area contributed by atoms with Gasteiger partial charge >= 0.3 is 0 Å². The molecule has 0 saturated carbocycles. The molecule has 32 heavy (non-hydrogen) atoms. The van der Waals surface area contributed by atoms with Crippen LogP contribution in [0.15, 0.2) is 48.5 Å². The standard InChI is InChI=1S/C28H32N2O2/c1-5-7-21-29(3)27(31)25-17-13-23(14-18-25)11-9-10-12-24-15-19-26(20-16-24)28(32)30(4)22-8-6-2/h13-20H,5-8,21-22H2,1-4H3. The summed E-state index contributed by atoms with van der Waals surface area (Å²) >= 11 is 0. The summed E-state index contributed by atoms with van der Waals surface area (Å²) in [6.07, 6.45) is 4.12. The molecular weight excluding hydrogens is 396 g/mol. The molecule has 2 aromatic rings. The average molecular weight is 429 g/mol. The third kappa shape index (κ3) is 7.64. The van der Waals surface area contributed by atoms with Crippen LogP contribution in [0.3, 0.4) is 0 Å². The Labute approximate surface area is 192 Å². The number of rotatable bonds is 8. The molecule has 2 rings (SSSR count). The molecule has 0 aliphatic rings. The van der Waals surface area contributed by atoms with Crippen LogP contribution in [0.1, 0.15) is 71.4 Å². The van der Waals surface area contributed by atoms with Gasteiger partial charge in [0.1, 0.15) is 0 Å². The fraction of sp³-hybridized carbons (Fsp3) is 0.357. The van der Waals surface area contributed by atoms with Gasteiger partial charge in [-0.25, -0.2) is 0 Å². The van der Waals surface area contributed by atoms with Gasteiger partial charge in [0, 0.05) is 49.4 Å². The molecule has 0 unspecified atom stereocenters. The molecule has 0 spiro atoms. The minimum atomic E-state index is 0.0243. The van der Waals surface area contributed by atoms with E-state index in [1.54, 1.807) is 34.1 Å². The first-order valence-corrected chi connectivity index (χ1v) is 11.2. The van der Waals surface area contributed by atoms with Gasteiger partial charge in [-0.1, -0.05) is 38.5 Å². The van der Waals surface area contributed by atoms with Gasteiger partial charge in [-0.15, -0.1) is 0 Å². The van der Waals surface area contributed by atoms with Crippen LogP contribution in [0.5, 0.6) is 0 Å². The lowest BCUT2D eigenvalue weighted by molar-refractivity contribution is 0.0786. The Morgan fingerprint density at radius 3 is 1.31 bits per heavy atom. The largest absolute Gasteiger partial charge is 0.342 e. The maximum atomic E-state index is 12.4. The molecule has 0 fully saturated rings. The second kappa shape index (κ2) is 13.0. The summed E-state index contributed by atoms with van der Waals surface area (Å²) in [4.78, 5) is 28.2. The van der Waals surface area contributed by atoms with Gasteiger partial charge in [0.25, 0.3) is 11.8 Å². The zero-order valence-corrected chi connectivity index (χ0v) is 19.6. The van der Waals surface area contributed by atoms with Crippen LogP contribution in [0, 0.1) is 23.7 Å². The molecule has 4 nitrogen and oxygen atoms in total. The van der Waals surface area contributed by atoms with Crippen molar-refractivity contribution in [3.8, 4) is 23.7 Å². The van der Waals surface area contributed by atoms with Crippen molar-refractivity contribution in [2.45, 2.75) is 39.5 Å². The van der Waals surface area contributed by atoms with Gasteiger partial charge in [-0.05, 0) is 73.2 Å². The zero-order chi connectivity index (χ0) is 23.3. The Balaban J connectivity index is 1.96. The van der Waals surface area contributed by atoms with Crippen LogP contribution in [0.4, 0.5) is 0 Å². The Morgan fingerprint density at radius 2 is 1.00 bits per heavy atom. The molecule has 0 aliphatic heterocycles. The third-order valence-corrected chi connectivity index (χ3v) is 5.13. The molecule has 2 aromatic carbocycles. The Morgan fingerprint density at radius 1 is 0.656 bits per heavy atom. The van der Waals surface area contributed by atoms with Crippen molar-refractivity contribution in [3.63, 3.8) is 0 Å². The zero-order valence-electron chi connectivity index (χ0n) is 19.6. The average Bonchev–Trinajstić information content (AvgIpc) is 2.83. The summed E-state index contributed by atoms with van der Waals surface area (Å²) in [5.74, 6) is 11.7. The monoisotopic (exact) mass is 428 g/mol. The van der Waals surface area contributed by atoms with E-state index in [0.717, 1.165) is 49.9 Å². The molecule has 0 aliphatic carbocycles. The fourth-order valence-corrected chi connectivity index (χ4v) is 3.03. The number of hydrogen-bond acceptors (Lipinski definition) is 2. The fourth-order valence-electron chi connectivity index (χ4n) is 3.03. The van der Waals surface area contributed by atoms with Gasteiger partial charge in [0.2, 0.25) is 0 Å². The molecule has 2 amide bonds. The van der Waals surface area contributed by atoms with E-state index in [1.807, 2.05) is 38.4 Å². The van der Waals surface area contributed by atoms with Crippen molar-refractivity contribution in [2.75, 3.05) is 27.2 Å². The van der Waals surface area contributed by atoms with Crippen molar-refractivity contribution < 1.29 is 9.59 Å². The van der Waals surface area contributed by atoms with Crippen LogP contribution in [-0.2, 0) is 0 Å². The van der Waals surface area contributed by atoms with Crippen LogP contribution in [0.2, 0.25) is 0 Å². The van der Waals surface area contributed by atoms with Gasteiger partial charge in [-0.3, -0.25) is 9.59 Å². The summed E-state index contributed by atoms with van der Waals surface area (Å²) in [7, 11) is 3.66. The second-order valence-corrected chi connectivity index (χ2v) is 7.82. The normalized spacial score (nSPS) is 9.75. The maximum absolute atomic E-state index is 12.4. The molecular formula is C28H32N2O2. The van der Waals surface area contributed by atoms with E-state index in [9.17, 15) is 9.59 Å². The predicted molar refractivity (Wildman–Crippen MR) is 130 cm³/mol. The Bertz CT molecular complexity index is 930. The number of carbonyl (C=O) groups excluding carboxylic acids is 2. The van der Waals surface area contributed by atoms with Crippen molar-refractivity contribution in [1.82, 2.24) is 9.80 Å². The van der Waals surface area contributed by atoms with E-state index in [1.165, 1.54) is 0 Å². The first-order valence-electron chi connectivity index (χ1n) is 11.2. The van der Waals surface area contributed by atoms with Gasteiger partial charge in [0.05, 0.1) is 0 Å². The third-order valence-electron chi connectivity index (χ3n) is 5.13. The van der Waals surface area contributed by atoms with E-state index in [4.69, 9.17) is 0 Å². The molecule has 4 heteroatoms. The summed E-state index contributed by atoms with van der Waals surface area (Å²) < 4.78 is 0. The van der Waals surface area contributed by atoms with Gasteiger partial charge in [-0.2, -0.15) is 0 Å². The first kappa shape index (κ1) is 24.8. The summed E-state index contributed by atoms with van der Waals surface area (Å²) in [6, 6.07) is 14.6. The Hall–Kier alpha value is -3.50. The molecule has 0 saturated heterocycles. The van der Waals surface area contributed by atoms with Gasteiger partial charge < -0.3 is 9.80 Å². The topological polar surface area (TPSA) is 40.6 Å². The molecule has 0 bridgehead atoms. The second-order valence-electron chi connectivity index (χ2n) is 7.82. The van der Waals surface area contributed by atoms with E-state index in [2.05, 4.69) is 37.5 Å². The highest BCUT2D eigenvalue weighted by Gasteiger charge is 2.11. The Kier molecular flexibility index (Phi) is 10.1. The van der Waals surface area contributed by atoms with Crippen molar-refractivity contribution in [3.05, 3.63) is 70.8 Å². The smallest absolute Gasteiger partial charge is 0.253 e. The molecule has 0 radical (unpaired) electrons. The predicted octanol–water partition coefficient (Wildman–Crippen LogP) is 4.83. The van der Waals surface area contributed by atoms with E-state index in [-0.39, 0.29) is 11.8 Å². The first-order chi connectivity index (χ1) is 15.5. The molecule has 0 atom stereocenters. The number of carbonyl (C=O) groups is 2. The number of hydrogen-bond donors (Lipinski definition) is 0. The number of nitrogens with zero attached hydrogens (tertiary/aromatic N) is 2.